The molecule has 0 radical (unpaired) electrons. The van der Waals surface area contributed by atoms with Gasteiger partial charge in [0.05, 0.1) is 0 Å². The van der Waals surface area contributed by atoms with E-state index in [-0.39, 0.29) is 6.61 Å². The number of aliphatic hydroxyl groups excluding tert-OH is 1. The summed E-state index contributed by atoms with van der Waals surface area (Å²) in [6.07, 6.45) is 3.69. The number of ether oxygens (including phenoxy) is 2. The van der Waals surface area contributed by atoms with Crippen LogP contribution in [-0.4, -0.2) is 34.2 Å². The van der Waals surface area contributed by atoms with Crippen LogP contribution in [-0.2, 0) is 9.47 Å². The summed E-state index contributed by atoms with van der Waals surface area (Å²) in [4.78, 5) is 24.5. The summed E-state index contributed by atoms with van der Waals surface area (Å²) in [7, 11) is 1.39. The van der Waals surface area contributed by atoms with Crippen LogP contribution in [0.25, 0.3) is 0 Å². The molecule has 7 heteroatoms. The van der Waals surface area contributed by atoms with Crippen molar-refractivity contribution in [2.75, 3.05) is 13.7 Å². The summed E-state index contributed by atoms with van der Waals surface area (Å²) in [6.45, 7) is -0.366. The van der Waals surface area contributed by atoms with E-state index in [1.165, 1.54) is 30.0 Å². The van der Waals surface area contributed by atoms with Gasteiger partial charge in [-0.25, -0.2) is 4.79 Å². The van der Waals surface area contributed by atoms with Crippen LogP contribution in [0.5, 0.6) is 0 Å². The van der Waals surface area contributed by atoms with Gasteiger partial charge in [0.25, 0.3) is 5.56 Å². The van der Waals surface area contributed by atoms with E-state index in [2.05, 4.69) is 4.98 Å². The van der Waals surface area contributed by atoms with Gasteiger partial charge in [-0.2, -0.15) is 0 Å². The molecule has 0 unspecified atom stereocenters. The van der Waals surface area contributed by atoms with E-state index < -0.39 is 23.3 Å². The van der Waals surface area contributed by atoms with Gasteiger partial charge in [0.2, 0.25) is 5.79 Å². The normalized spacial score (nSPS) is 27.5. The van der Waals surface area contributed by atoms with Gasteiger partial charge >= 0.3 is 5.69 Å². The van der Waals surface area contributed by atoms with Gasteiger partial charge in [0.1, 0.15) is 6.61 Å². The molecule has 1 aliphatic heterocycles. The largest absolute Gasteiger partial charge is 0.390 e. The lowest BCUT2D eigenvalue weighted by Gasteiger charge is -2.25. The number of nitrogens with one attached hydrogen (secondary N) is 1. The number of nitrogens with zero attached hydrogens (tertiary/aromatic N) is 1. The molecule has 0 saturated carbocycles. The molecule has 0 bridgehead atoms. The van der Waals surface area contributed by atoms with Crippen molar-refractivity contribution in [2.45, 2.75) is 12.0 Å². The second-order valence-corrected chi connectivity index (χ2v) is 3.56. The van der Waals surface area contributed by atoms with E-state index in [0.717, 1.165) is 0 Å². The zero-order chi connectivity index (χ0) is 12.5. The molecule has 2 N–H and O–H groups in total. The Kier molecular flexibility index (Phi) is 2.97. The fraction of sp³-hybridized carbons (Fsp3) is 0.400. The first-order chi connectivity index (χ1) is 8.10. The maximum atomic E-state index is 11.5. The minimum Gasteiger partial charge on any atom is -0.390 e. The molecule has 17 heavy (non-hydrogen) atoms. The molecule has 0 amide bonds. The number of hydrogen-bond donors (Lipinski definition) is 2. The zero-order valence-electron chi connectivity index (χ0n) is 9.12. The SMILES string of the molecule is CO[C@@]1(CO)C=C[C@H](n2ccc(=O)[nH]c2=O)O1. The third-order valence-electron chi connectivity index (χ3n) is 2.53. The number of hydrogen-bond acceptors (Lipinski definition) is 5. The van der Waals surface area contributed by atoms with Crippen molar-refractivity contribution in [2.24, 2.45) is 0 Å². The first-order valence-corrected chi connectivity index (χ1v) is 4.95. The maximum absolute atomic E-state index is 11.5. The highest BCUT2D eigenvalue weighted by atomic mass is 16.7. The summed E-state index contributed by atoms with van der Waals surface area (Å²) in [5, 5.41) is 9.15. The van der Waals surface area contributed by atoms with Crippen LogP contribution < -0.4 is 11.2 Å². The Morgan fingerprint density at radius 1 is 1.65 bits per heavy atom. The maximum Gasteiger partial charge on any atom is 0.330 e. The van der Waals surface area contributed by atoms with Gasteiger partial charge in [-0.3, -0.25) is 14.3 Å². The van der Waals surface area contributed by atoms with E-state index in [1.807, 2.05) is 0 Å². The van der Waals surface area contributed by atoms with Gasteiger partial charge in [-0.1, -0.05) is 0 Å². The number of aromatic nitrogens is 2. The molecule has 92 valence electrons. The minimum absolute atomic E-state index is 0.366. The van der Waals surface area contributed by atoms with Gasteiger partial charge in [-0.15, -0.1) is 0 Å². The zero-order valence-corrected chi connectivity index (χ0v) is 9.12. The van der Waals surface area contributed by atoms with Gasteiger partial charge in [-0.05, 0) is 12.2 Å². The average molecular weight is 240 g/mol. The van der Waals surface area contributed by atoms with Crippen molar-refractivity contribution in [3.63, 3.8) is 0 Å². The molecular weight excluding hydrogens is 228 g/mol. The summed E-state index contributed by atoms with van der Waals surface area (Å²) >= 11 is 0. The average Bonchev–Trinajstić information content (AvgIpc) is 2.74. The summed E-state index contributed by atoms with van der Waals surface area (Å²) < 4.78 is 11.6. The Labute approximate surface area is 95.9 Å². The van der Waals surface area contributed by atoms with Crippen molar-refractivity contribution in [3.8, 4) is 0 Å². The van der Waals surface area contributed by atoms with Crippen LogP contribution in [0.15, 0.2) is 34.0 Å². The Morgan fingerprint density at radius 2 is 2.41 bits per heavy atom. The van der Waals surface area contributed by atoms with Crippen molar-refractivity contribution in [1.29, 1.82) is 0 Å². The highest BCUT2D eigenvalue weighted by molar-refractivity contribution is 5.06. The summed E-state index contributed by atoms with van der Waals surface area (Å²) in [5.74, 6) is -1.24. The van der Waals surface area contributed by atoms with Crippen molar-refractivity contribution in [3.05, 3.63) is 45.3 Å². The monoisotopic (exact) mass is 240 g/mol. The number of rotatable bonds is 3. The van der Waals surface area contributed by atoms with Crippen LogP contribution in [0, 0.1) is 0 Å². The molecule has 2 atom stereocenters. The van der Waals surface area contributed by atoms with E-state index in [0.29, 0.717) is 0 Å². The first kappa shape index (κ1) is 11.8. The highest BCUT2D eigenvalue weighted by Crippen LogP contribution is 2.28. The van der Waals surface area contributed by atoms with Crippen LogP contribution in [0.1, 0.15) is 6.23 Å². The molecule has 0 saturated heterocycles. The van der Waals surface area contributed by atoms with Crippen molar-refractivity contribution in [1.82, 2.24) is 9.55 Å². The minimum atomic E-state index is -1.24. The quantitative estimate of drug-likeness (QED) is 0.658. The standard InChI is InChI=1S/C10H12N2O5/c1-16-10(6-13)4-2-8(17-10)12-5-3-7(14)11-9(12)15/h2-5,8,13H,6H2,1H3,(H,11,14,15)/t8-,10+/m1/s1. The molecule has 0 aromatic carbocycles. The molecule has 0 aliphatic carbocycles. The molecule has 0 fully saturated rings. The molecule has 0 spiro atoms. The third kappa shape index (κ3) is 2.07. The Balaban J connectivity index is 2.31. The van der Waals surface area contributed by atoms with Crippen molar-refractivity contribution < 1.29 is 14.6 Å². The fourth-order valence-electron chi connectivity index (χ4n) is 1.56. The Hall–Kier alpha value is -1.70. The number of aromatic amines is 1. The van der Waals surface area contributed by atoms with E-state index in [4.69, 9.17) is 14.6 Å². The predicted octanol–water partition coefficient (Wildman–Crippen LogP) is -1.04. The molecule has 1 aromatic heterocycles. The van der Waals surface area contributed by atoms with E-state index in [1.54, 1.807) is 6.08 Å². The fourth-order valence-corrected chi connectivity index (χ4v) is 1.56. The smallest absolute Gasteiger partial charge is 0.330 e. The predicted molar refractivity (Wildman–Crippen MR) is 57.4 cm³/mol. The van der Waals surface area contributed by atoms with E-state index >= 15 is 0 Å². The first-order valence-electron chi connectivity index (χ1n) is 4.95. The lowest BCUT2D eigenvalue weighted by molar-refractivity contribution is -0.225. The topological polar surface area (TPSA) is 93.5 Å². The molecule has 2 heterocycles. The lowest BCUT2D eigenvalue weighted by Crippen LogP contribution is -2.38. The second kappa shape index (κ2) is 4.28. The number of H-pyrrole nitrogens is 1. The van der Waals surface area contributed by atoms with Crippen LogP contribution >= 0.6 is 0 Å². The van der Waals surface area contributed by atoms with Gasteiger partial charge in [0.15, 0.2) is 6.23 Å². The molecule has 2 rings (SSSR count). The molecule has 1 aliphatic rings. The third-order valence-corrected chi connectivity index (χ3v) is 2.53. The number of methoxy groups -OCH3 is 1. The lowest BCUT2D eigenvalue weighted by atomic mass is 10.3. The molecule has 7 nitrogen and oxygen atoms in total. The van der Waals surface area contributed by atoms with Gasteiger partial charge in [0, 0.05) is 19.4 Å². The Bertz CT molecular complexity index is 540. The summed E-state index contributed by atoms with van der Waals surface area (Å²) in [5.41, 5.74) is -1.06. The second-order valence-electron chi connectivity index (χ2n) is 3.56. The van der Waals surface area contributed by atoms with Crippen molar-refractivity contribution >= 4 is 0 Å². The molecular formula is C10H12N2O5. The van der Waals surface area contributed by atoms with Crippen LogP contribution in [0.4, 0.5) is 0 Å². The van der Waals surface area contributed by atoms with Crippen LogP contribution in [0.2, 0.25) is 0 Å². The number of aliphatic hydroxyl groups is 1. The summed E-state index contributed by atoms with van der Waals surface area (Å²) in [6, 6.07) is 1.21. The Morgan fingerprint density at radius 3 is 2.94 bits per heavy atom. The molecule has 1 aromatic rings. The van der Waals surface area contributed by atoms with Gasteiger partial charge < -0.3 is 14.6 Å². The highest BCUT2D eigenvalue weighted by Gasteiger charge is 2.36. The van der Waals surface area contributed by atoms with Crippen LogP contribution in [0.3, 0.4) is 0 Å². The van der Waals surface area contributed by atoms with E-state index in [9.17, 15) is 9.59 Å².